The van der Waals surface area contributed by atoms with Gasteiger partial charge in [-0.05, 0) is 12.1 Å². The third-order valence-electron chi connectivity index (χ3n) is 1.42. The minimum Gasteiger partial charge on any atom is -0.369 e. The lowest BCUT2D eigenvalue weighted by Gasteiger charge is -2.02. The Labute approximate surface area is 78.8 Å². The smallest absolute Gasteiger partial charge is 0.141 e. The Bertz CT molecular complexity index is 289. The molecule has 0 bridgehead atoms. The van der Waals surface area contributed by atoms with Gasteiger partial charge in [0.2, 0.25) is 0 Å². The van der Waals surface area contributed by atoms with Gasteiger partial charge in [0, 0.05) is 29.4 Å². The molecule has 1 aromatic heterocycles. The largest absolute Gasteiger partial charge is 0.369 e. The highest BCUT2D eigenvalue weighted by atomic mass is 32.2. The number of halogens is 1. The van der Waals surface area contributed by atoms with Crippen molar-refractivity contribution >= 4 is 16.6 Å². The lowest BCUT2D eigenvalue weighted by Crippen LogP contribution is -2.10. The van der Waals surface area contributed by atoms with Gasteiger partial charge in [-0.2, -0.15) is 0 Å². The number of nitrogens with zero attached hydrogens (tertiary/aromatic N) is 1. The van der Waals surface area contributed by atoms with Gasteiger partial charge in [0.15, 0.2) is 0 Å². The van der Waals surface area contributed by atoms with Crippen LogP contribution >= 0.6 is 0 Å². The zero-order chi connectivity index (χ0) is 9.68. The molecule has 0 amide bonds. The summed E-state index contributed by atoms with van der Waals surface area (Å²) in [5.74, 6) is 0.815. The summed E-state index contributed by atoms with van der Waals surface area (Å²) in [4.78, 5) is 3.79. The van der Waals surface area contributed by atoms with Crippen LogP contribution in [0.15, 0.2) is 18.3 Å². The number of nitrogens with one attached hydrogen (secondary N) is 1. The summed E-state index contributed by atoms with van der Waals surface area (Å²) >= 11 is 0. The number of hydrogen-bond donors (Lipinski definition) is 1. The quantitative estimate of drug-likeness (QED) is 0.792. The first kappa shape index (κ1) is 10.1. The molecule has 1 atom stereocenters. The van der Waals surface area contributed by atoms with Gasteiger partial charge in [0.1, 0.15) is 11.6 Å². The Hall–Kier alpha value is -0.970. The minimum absolute atomic E-state index is 0.357. The van der Waals surface area contributed by atoms with Gasteiger partial charge in [0.05, 0.1) is 6.20 Å². The molecule has 0 fully saturated rings. The third-order valence-corrected chi connectivity index (χ3v) is 2.20. The first-order valence-electron chi connectivity index (χ1n) is 3.84. The monoisotopic (exact) mass is 202 g/mol. The van der Waals surface area contributed by atoms with Crippen LogP contribution in [0.2, 0.25) is 0 Å². The molecular weight excluding hydrogens is 191 g/mol. The fourth-order valence-corrected chi connectivity index (χ4v) is 1.19. The van der Waals surface area contributed by atoms with Crippen molar-refractivity contribution in [2.24, 2.45) is 0 Å². The van der Waals surface area contributed by atoms with Crippen LogP contribution in [0.3, 0.4) is 0 Å². The van der Waals surface area contributed by atoms with Gasteiger partial charge in [-0.3, -0.25) is 4.21 Å². The van der Waals surface area contributed by atoms with Gasteiger partial charge in [0.25, 0.3) is 0 Å². The summed E-state index contributed by atoms with van der Waals surface area (Å²) in [6.45, 7) is 0.585. The van der Waals surface area contributed by atoms with Crippen molar-refractivity contribution in [1.82, 2.24) is 4.98 Å². The molecule has 5 heteroatoms. The highest BCUT2D eigenvalue weighted by Crippen LogP contribution is 2.02. The lowest BCUT2D eigenvalue weighted by atomic mass is 10.4. The zero-order valence-electron chi connectivity index (χ0n) is 7.29. The van der Waals surface area contributed by atoms with Crippen molar-refractivity contribution in [2.75, 3.05) is 23.9 Å². The first-order valence-corrected chi connectivity index (χ1v) is 5.56. The van der Waals surface area contributed by atoms with E-state index in [4.69, 9.17) is 0 Å². The lowest BCUT2D eigenvalue weighted by molar-refractivity contribution is 0.621. The standard InChI is InChI=1S/C8H11FN2OS/c1-13(12)5-4-10-8-3-2-7(9)6-11-8/h2-3,6H,4-5H2,1H3,(H,10,11). The molecule has 0 saturated carbocycles. The molecule has 0 saturated heterocycles. The number of aromatic nitrogens is 1. The van der Waals surface area contributed by atoms with E-state index in [9.17, 15) is 8.60 Å². The Morgan fingerprint density at radius 3 is 2.92 bits per heavy atom. The topological polar surface area (TPSA) is 42.0 Å². The second-order valence-electron chi connectivity index (χ2n) is 2.57. The van der Waals surface area contributed by atoms with E-state index in [1.54, 1.807) is 12.3 Å². The van der Waals surface area contributed by atoms with Crippen LogP contribution in [0.4, 0.5) is 10.2 Å². The Morgan fingerprint density at radius 2 is 2.38 bits per heavy atom. The van der Waals surface area contributed by atoms with E-state index in [1.807, 2.05) is 0 Å². The normalized spacial score (nSPS) is 12.5. The van der Waals surface area contributed by atoms with Crippen molar-refractivity contribution < 1.29 is 8.60 Å². The van der Waals surface area contributed by atoms with Crippen molar-refractivity contribution in [3.8, 4) is 0 Å². The van der Waals surface area contributed by atoms with Gasteiger partial charge < -0.3 is 5.32 Å². The van der Waals surface area contributed by atoms with E-state index in [0.29, 0.717) is 18.1 Å². The molecule has 1 unspecified atom stereocenters. The van der Waals surface area contributed by atoms with Crippen molar-refractivity contribution in [3.05, 3.63) is 24.1 Å². The van der Waals surface area contributed by atoms with E-state index in [0.717, 1.165) is 6.20 Å². The summed E-state index contributed by atoms with van der Waals surface area (Å²) in [5.41, 5.74) is 0. The van der Waals surface area contributed by atoms with Crippen molar-refractivity contribution in [3.63, 3.8) is 0 Å². The highest BCUT2D eigenvalue weighted by molar-refractivity contribution is 7.84. The van der Waals surface area contributed by atoms with E-state index < -0.39 is 10.8 Å². The van der Waals surface area contributed by atoms with Crippen molar-refractivity contribution in [2.45, 2.75) is 0 Å². The summed E-state index contributed by atoms with van der Waals surface area (Å²) in [6, 6.07) is 2.88. The Morgan fingerprint density at radius 1 is 1.62 bits per heavy atom. The van der Waals surface area contributed by atoms with Crippen LogP contribution in [0, 0.1) is 5.82 Å². The number of rotatable bonds is 4. The number of pyridine rings is 1. The molecule has 72 valence electrons. The molecule has 1 N–H and O–H groups in total. The Balaban J connectivity index is 2.37. The molecule has 1 rings (SSSR count). The van der Waals surface area contributed by atoms with Gasteiger partial charge >= 0.3 is 0 Å². The van der Waals surface area contributed by atoms with Crippen molar-refractivity contribution in [1.29, 1.82) is 0 Å². The molecule has 0 radical (unpaired) electrons. The van der Waals surface area contributed by atoms with E-state index in [2.05, 4.69) is 10.3 Å². The van der Waals surface area contributed by atoms with Crippen LogP contribution in [0.25, 0.3) is 0 Å². The van der Waals surface area contributed by atoms with E-state index in [-0.39, 0.29) is 5.82 Å². The summed E-state index contributed by atoms with van der Waals surface area (Å²) in [5, 5.41) is 2.93. The fourth-order valence-electron chi connectivity index (χ4n) is 0.803. The summed E-state index contributed by atoms with van der Waals surface area (Å²) < 4.78 is 23.1. The van der Waals surface area contributed by atoms with Gasteiger partial charge in [-0.1, -0.05) is 0 Å². The molecule has 0 spiro atoms. The average molecular weight is 202 g/mol. The molecule has 1 aromatic rings. The van der Waals surface area contributed by atoms with Gasteiger partial charge in [-0.25, -0.2) is 9.37 Å². The third kappa shape index (κ3) is 3.98. The second-order valence-corrected chi connectivity index (χ2v) is 4.12. The highest BCUT2D eigenvalue weighted by Gasteiger charge is 1.94. The van der Waals surface area contributed by atoms with Crippen LogP contribution in [0.1, 0.15) is 0 Å². The predicted octanol–water partition coefficient (Wildman–Crippen LogP) is 1.01. The maximum absolute atomic E-state index is 12.4. The molecule has 3 nitrogen and oxygen atoms in total. The maximum atomic E-state index is 12.4. The van der Waals surface area contributed by atoms with E-state index >= 15 is 0 Å². The van der Waals surface area contributed by atoms with E-state index in [1.165, 1.54) is 6.07 Å². The second kappa shape index (κ2) is 4.91. The maximum Gasteiger partial charge on any atom is 0.141 e. The van der Waals surface area contributed by atoms with Crippen LogP contribution < -0.4 is 5.32 Å². The summed E-state index contributed by atoms with van der Waals surface area (Å²) in [6.07, 6.45) is 2.78. The average Bonchev–Trinajstić information content (AvgIpc) is 2.08. The summed E-state index contributed by atoms with van der Waals surface area (Å²) in [7, 11) is -0.808. The minimum atomic E-state index is -0.808. The van der Waals surface area contributed by atoms with Gasteiger partial charge in [-0.15, -0.1) is 0 Å². The fraction of sp³-hybridized carbons (Fsp3) is 0.375. The molecular formula is C8H11FN2OS. The SMILES string of the molecule is CS(=O)CCNc1ccc(F)cn1. The predicted molar refractivity (Wildman–Crippen MR) is 51.6 cm³/mol. The molecule has 0 aliphatic carbocycles. The molecule has 0 aromatic carbocycles. The van der Waals surface area contributed by atoms with Crippen LogP contribution in [-0.4, -0.2) is 27.7 Å². The molecule has 1 heterocycles. The van der Waals surface area contributed by atoms with Crippen LogP contribution in [0.5, 0.6) is 0 Å². The first-order chi connectivity index (χ1) is 6.18. The number of anilines is 1. The Kier molecular flexibility index (Phi) is 3.82. The molecule has 0 aliphatic rings. The molecule has 13 heavy (non-hydrogen) atoms. The zero-order valence-corrected chi connectivity index (χ0v) is 8.10. The molecule has 0 aliphatic heterocycles. The van der Waals surface area contributed by atoms with Crippen LogP contribution in [-0.2, 0) is 10.8 Å². The number of hydrogen-bond acceptors (Lipinski definition) is 3.